The van der Waals surface area contributed by atoms with E-state index >= 15 is 0 Å². The SMILES string of the molecule is COc1ccc2c3c1O[C@H]1C(OC(=O)[C@H](Cc4cn(C(=O)OC(C)(C)C)cn4)NC(=O)CCNC(=O)OC(C)(C)C)=CC[C@@]4(O)[C@@H](C2)N(C)CC[C@]314. The molecule has 2 amide bonds. The number of nitrogens with one attached hydrogen (secondary N) is 2. The number of likely N-dealkylation sites (tertiary alicyclic amines) is 1. The van der Waals surface area contributed by atoms with Crippen LogP contribution >= 0.6 is 0 Å². The maximum atomic E-state index is 14.1. The van der Waals surface area contributed by atoms with Crippen molar-refractivity contribution < 1.29 is 48.0 Å². The average Bonchev–Trinajstić information content (AvgIpc) is 3.65. The molecule has 6 rings (SSSR count). The summed E-state index contributed by atoms with van der Waals surface area (Å²) in [5, 5.41) is 17.8. The third kappa shape index (κ3) is 6.83. The summed E-state index contributed by atoms with van der Waals surface area (Å²) in [5.41, 5.74) is -1.30. The van der Waals surface area contributed by atoms with Gasteiger partial charge >= 0.3 is 18.2 Å². The van der Waals surface area contributed by atoms with Crippen LogP contribution in [0.2, 0.25) is 0 Å². The van der Waals surface area contributed by atoms with Gasteiger partial charge in [-0.3, -0.25) is 4.79 Å². The number of benzene rings is 1. The van der Waals surface area contributed by atoms with Crippen molar-refractivity contribution in [2.24, 2.45) is 0 Å². The third-order valence-corrected chi connectivity index (χ3v) is 10.1. The van der Waals surface area contributed by atoms with Crippen molar-refractivity contribution >= 4 is 24.1 Å². The molecule has 3 heterocycles. The van der Waals surface area contributed by atoms with E-state index in [-0.39, 0.29) is 37.6 Å². The molecule has 1 fully saturated rings. The number of ether oxygens (including phenoxy) is 5. The number of likely N-dealkylation sites (N-methyl/N-ethyl adjacent to an activating group) is 1. The summed E-state index contributed by atoms with van der Waals surface area (Å²) < 4.78 is 30.3. The number of amides is 2. The molecule has 1 saturated heterocycles. The number of aromatic nitrogens is 2. The lowest BCUT2D eigenvalue weighted by molar-refractivity contribution is -0.170. The number of esters is 1. The van der Waals surface area contributed by atoms with Gasteiger partial charge in [-0.05, 0) is 85.7 Å². The number of nitrogens with zero attached hydrogens (tertiary/aromatic N) is 3. The van der Waals surface area contributed by atoms with Crippen molar-refractivity contribution in [1.82, 2.24) is 25.1 Å². The van der Waals surface area contributed by atoms with Crippen LogP contribution in [0, 0.1) is 0 Å². The predicted molar refractivity (Wildman–Crippen MR) is 186 cm³/mol. The summed E-state index contributed by atoms with van der Waals surface area (Å²) in [4.78, 5) is 58.6. The van der Waals surface area contributed by atoms with Crippen LogP contribution in [-0.4, -0.2) is 106 Å². The highest BCUT2D eigenvalue weighted by atomic mass is 16.6. The molecule has 4 aliphatic rings. The van der Waals surface area contributed by atoms with E-state index in [4.69, 9.17) is 23.7 Å². The molecular formula is C37H49N5O10. The maximum Gasteiger partial charge on any atom is 0.419 e. The molecule has 0 saturated carbocycles. The number of carbonyl (C=O) groups is 4. The smallest absolute Gasteiger partial charge is 0.419 e. The first kappa shape index (κ1) is 37.1. The summed E-state index contributed by atoms with van der Waals surface area (Å²) in [6, 6.07) is 2.44. The number of rotatable bonds is 9. The molecule has 1 spiro atoms. The van der Waals surface area contributed by atoms with Crippen molar-refractivity contribution in [3.63, 3.8) is 0 Å². The molecule has 2 aromatic rings. The number of hydrogen-bond donors (Lipinski definition) is 3. The Hall–Kier alpha value is -4.63. The van der Waals surface area contributed by atoms with Crippen LogP contribution in [0.25, 0.3) is 0 Å². The van der Waals surface area contributed by atoms with Gasteiger partial charge in [0.25, 0.3) is 0 Å². The molecule has 15 nitrogen and oxygen atoms in total. The second-order valence-corrected chi connectivity index (χ2v) is 16.0. The van der Waals surface area contributed by atoms with E-state index < -0.39 is 58.4 Å². The van der Waals surface area contributed by atoms with E-state index in [1.165, 1.54) is 12.5 Å². The van der Waals surface area contributed by atoms with E-state index in [0.29, 0.717) is 36.6 Å². The minimum absolute atomic E-state index is 0.0456. The minimum Gasteiger partial charge on any atom is -0.493 e. The lowest BCUT2D eigenvalue weighted by Crippen LogP contribution is -2.74. The molecule has 5 atom stereocenters. The van der Waals surface area contributed by atoms with Gasteiger partial charge in [-0.25, -0.2) is 23.9 Å². The van der Waals surface area contributed by atoms with Crippen LogP contribution in [0.3, 0.4) is 0 Å². The van der Waals surface area contributed by atoms with Crippen LogP contribution < -0.4 is 20.1 Å². The number of carbonyl (C=O) groups excluding carboxylic acids is 4. The summed E-state index contributed by atoms with van der Waals surface area (Å²) in [7, 11) is 3.57. The molecule has 1 aromatic heterocycles. The normalized spacial score (nSPS) is 25.1. The van der Waals surface area contributed by atoms with Crippen molar-refractivity contribution in [2.45, 2.75) is 114 Å². The van der Waals surface area contributed by atoms with Gasteiger partial charge in [-0.2, -0.15) is 0 Å². The molecular weight excluding hydrogens is 674 g/mol. The fraction of sp³-hybridized carbons (Fsp3) is 0.595. The summed E-state index contributed by atoms with van der Waals surface area (Å²) in [5.74, 6) is -0.0435. The van der Waals surface area contributed by atoms with Gasteiger partial charge in [0.05, 0.1) is 23.8 Å². The van der Waals surface area contributed by atoms with E-state index in [1.54, 1.807) is 54.7 Å². The molecule has 2 bridgehead atoms. The van der Waals surface area contributed by atoms with Crippen molar-refractivity contribution in [3.8, 4) is 11.5 Å². The Bertz CT molecular complexity index is 1790. The largest absolute Gasteiger partial charge is 0.493 e. The van der Waals surface area contributed by atoms with Gasteiger partial charge in [0.15, 0.2) is 17.6 Å². The Morgan fingerprint density at radius 3 is 2.54 bits per heavy atom. The highest BCUT2D eigenvalue weighted by molar-refractivity contribution is 5.85. The zero-order valence-electron chi connectivity index (χ0n) is 31.0. The number of aliphatic hydroxyl groups is 1. The summed E-state index contributed by atoms with van der Waals surface area (Å²) in [6.45, 7) is 11.1. The topological polar surface area (TPSA) is 180 Å². The van der Waals surface area contributed by atoms with E-state index in [2.05, 4.69) is 20.5 Å². The first-order valence-electron chi connectivity index (χ1n) is 17.6. The summed E-state index contributed by atoms with van der Waals surface area (Å²) >= 11 is 0. The van der Waals surface area contributed by atoms with E-state index in [1.807, 2.05) is 19.2 Å². The number of imidazole rings is 1. The first-order chi connectivity index (χ1) is 24.3. The van der Waals surface area contributed by atoms with Gasteiger partial charge in [-0.1, -0.05) is 6.07 Å². The molecule has 2 aliphatic carbocycles. The van der Waals surface area contributed by atoms with Crippen LogP contribution in [-0.2, 0) is 42.1 Å². The van der Waals surface area contributed by atoms with Gasteiger partial charge in [-0.15, -0.1) is 0 Å². The van der Waals surface area contributed by atoms with Crippen LogP contribution in [0.1, 0.15) is 77.6 Å². The summed E-state index contributed by atoms with van der Waals surface area (Å²) in [6.07, 6.45) is 3.35. The molecule has 2 aliphatic heterocycles. The quantitative estimate of drug-likeness (QED) is 0.255. The monoisotopic (exact) mass is 723 g/mol. The zero-order valence-corrected chi connectivity index (χ0v) is 31.0. The lowest BCUT2D eigenvalue weighted by Gasteiger charge is -2.61. The van der Waals surface area contributed by atoms with Gasteiger partial charge in [0, 0.05) is 43.6 Å². The van der Waals surface area contributed by atoms with Crippen LogP contribution in [0.4, 0.5) is 9.59 Å². The molecule has 282 valence electrons. The number of hydrogen-bond acceptors (Lipinski definition) is 12. The maximum absolute atomic E-state index is 14.1. The Morgan fingerprint density at radius 1 is 1.12 bits per heavy atom. The molecule has 3 N–H and O–H groups in total. The third-order valence-electron chi connectivity index (χ3n) is 10.1. The lowest BCUT2D eigenvalue weighted by atomic mass is 9.50. The standard InChI is InChI=1S/C37H49N5O10/c1-34(2,3)51-32(45)38-15-12-27(43)40-23(18-22-19-42(20-39-22)33(46)52-35(4,5)6)31(44)49-25-11-13-37(47)26-17-21-9-10-24(48-8)29-28(21)36(37,30(25)50-29)14-16-41(26)7/h9-11,19-20,23,26,30,47H,12-18H2,1-8H3,(H,38,45)(H,40,43)/t23-,26+,30-,36-,37+/m0/s1. The molecule has 0 unspecified atom stereocenters. The Kier molecular flexibility index (Phi) is 9.58. The Balaban J connectivity index is 1.25. The number of piperidine rings is 1. The van der Waals surface area contributed by atoms with E-state index in [0.717, 1.165) is 15.7 Å². The molecule has 15 heteroatoms. The highest BCUT2D eigenvalue weighted by Gasteiger charge is 2.72. The molecule has 52 heavy (non-hydrogen) atoms. The number of methoxy groups -OCH3 is 1. The Morgan fingerprint density at radius 2 is 1.85 bits per heavy atom. The fourth-order valence-electron chi connectivity index (χ4n) is 7.92. The average molecular weight is 724 g/mol. The Labute approximate surface area is 303 Å². The molecule has 0 radical (unpaired) electrons. The van der Waals surface area contributed by atoms with Crippen LogP contribution in [0.5, 0.6) is 11.5 Å². The highest BCUT2D eigenvalue weighted by Crippen LogP contribution is 2.65. The van der Waals surface area contributed by atoms with Crippen molar-refractivity contribution in [2.75, 3.05) is 27.2 Å². The number of alkyl carbamates (subject to hydrolysis) is 1. The minimum atomic E-state index is -1.25. The van der Waals surface area contributed by atoms with Gasteiger partial charge < -0.3 is 44.3 Å². The fourth-order valence-corrected chi connectivity index (χ4v) is 7.92. The second-order valence-electron chi connectivity index (χ2n) is 16.0. The van der Waals surface area contributed by atoms with Crippen LogP contribution in [0.15, 0.2) is 36.5 Å². The zero-order chi connectivity index (χ0) is 37.8. The second kappa shape index (κ2) is 13.4. The predicted octanol–water partition coefficient (Wildman–Crippen LogP) is 3.14. The van der Waals surface area contributed by atoms with Gasteiger partial charge in [0.1, 0.15) is 29.3 Å². The first-order valence-corrected chi connectivity index (χ1v) is 17.6. The van der Waals surface area contributed by atoms with Crippen molar-refractivity contribution in [1.29, 1.82) is 0 Å². The van der Waals surface area contributed by atoms with Gasteiger partial charge in [0.2, 0.25) is 5.91 Å². The molecule has 1 aromatic carbocycles. The van der Waals surface area contributed by atoms with E-state index in [9.17, 15) is 24.3 Å². The van der Waals surface area contributed by atoms with Crippen molar-refractivity contribution in [3.05, 3.63) is 53.3 Å².